The maximum absolute atomic E-state index is 5.80. The molecule has 0 spiro atoms. The molecule has 5 heteroatoms. The minimum atomic E-state index is 0.369. The Morgan fingerprint density at radius 3 is 2.76 bits per heavy atom. The quantitative estimate of drug-likeness (QED) is 0.870. The lowest BCUT2D eigenvalue weighted by Gasteiger charge is -2.07. The first-order valence-electron chi connectivity index (χ1n) is 5.00. The number of benzene rings is 1. The molecule has 17 heavy (non-hydrogen) atoms. The second-order valence-electron chi connectivity index (χ2n) is 3.46. The Morgan fingerprint density at radius 1 is 1.29 bits per heavy atom. The van der Waals surface area contributed by atoms with Crippen LogP contribution >= 0.6 is 27.5 Å². The molecule has 1 aromatic carbocycles. The second-order valence-corrected chi connectivity index (χ2v) is 4.68. The van der Waals surface area contributed by atoms with Crippen molar-refractivity contribution in [2.45, 2.75) is 6.42 Å². The summed E-state index contributed by atoms with van der Waals surface area (Å²) in [6, 6.07) is 9.69. The molecule has 0 saturated heterocycles. The monoisotopic (exact) mass is 312 g/mol. The highest BCUT2D eigenvalue weighted by Crippen LogP contribution is 2.23. The van der Waals surface area contributed by atoms with Gasteiger partial charge in [0.25, 0.3) is 0 Å². The van der Waals surface area contributed by atoms with Crippen LogP contribution in [-0.4, -0.2) is 17.3 Å². The maximum atomic E-state index is 5.80. The van der Waals surface area contributed by atoms with Gasteiger partial charge in [-0.3, -0.25) is 0 Å². The van der Waals surface area contributed by atoms with Crippen LogP contribution in [-0.2, 0) is 6.42 Å². The van der Waals surface area contributed by atoms with Crippen molar-refractivity contribution in [2.75, 3.05) is 7.11 Å². The molecule has 0 unspecified atom stereocenters. The van der Waals surface area contributed by atoms with Gasteiger partial charge in [0.2, 0.25) is 0 Å². The summed E-state index contributed by atoms with van der Waals surface area (Å²) in [5, 5.41) is 8.27. The Hall–Kier alpha value is -1.13. The summed E-state index contributed by atoms with van der Waals surface area (Å²) in [4.78, 5) is 0. The second kappa shape index (κ2) is 5.47. The van der Waals surface area contributed by atoms with Crippen LogP contribution in [0.3, 0.4) is 0 Å². The fourth-order valence-corrected chi connectivity index (χ4v) is 1.96. The van der Waals surface area contributed by atoms with Crippen LogP contribution in [0.2, 0.25) is 5.15 Å². The highest BCUT2D eigenvalue weighted by atomic mass is 79.9. The molecule has 2 rings (SSSR count). The van der Waals surface area contributed by atoms with Gasteiger partial charge in [0, 0.05) is 12.0 Å². The first-order chi connectivity index (χ1) is 8.20. The van der Waals surface area contributed by atoms with Gasteiger partial charge in [0.05, 0.1) is 17.3 Å². The maximum Gasteiger partial charge on any atom is 0.165 e. The average Bonchev–Trinajstić information content (AvgIpc) is 2.34. The Morgan fingerprint density at radius 2 is 2.06 bits per heavy atom. The van der Waals surface area contributed by atoms with Crippen LogP contribution in [0.4, 0.5) is 0 Å². The summed E-state index contributed by atoms with van der Waals surface area (Å²) < 4.78 is 6.03. The van der Waals surface area contributed by atoms with Crippen LogP contribution in [0.25, 0.3) is 0 Å². The van der Waals surface area contributed by atoms with Gasteiger partial charge in [0.1, 0.15) is 5.75 Å². The van der Waals surface area contributed by atoms with E-state index in [4.69, 9.17) is 16.3 Å². The molecule has 0 amide bonds. The smallest absolute Gasteiger partial charge is 0.165 e. The number of halogens is 2. The number of hydrogen-bond acceptors (Lipinski definition) is 3. The van der Waals surface area contributed by atoms with Gasteiger partial charge in [-0.2, -0.15) is 5.10 Å². The van der Waals surface area contributed by atoms with Crippen LogP contribution < -0.4 is 4.74 Å². The van der Waals surface area contributed by atoms with E-state index in [1.165, 1.54) is 0 Å². The molecular formula is C12H10BrClN2O. The molecule has 0 atom stereocenters. The SMILES string of the molecule is COc1ccccc1Cc1cc(Br)c(Cl)nn1. The van der Waals surface area contributed by atoms with Gasteiger partial charge in [-0.25, -0.2) is 0 Å². The van der Waals surface area contributed by atoms with Crippen molar-refractivity contribution < 1.29 is 4.74 Å². The topological polar surface area (TPSA) is 35.0 Å². The third kappa shape index (κ3) is 2.96. The zero-order chi connectivity index (χ0) is 12.3. The molecule has 3 nitrogen and oxygen atoms in total. The van der Waals surface area contributed by atoms with E-state index < -0.39 is 0 Å². The highest BCUT2D eigenvalue weighted by Gasteiger charge is 2.06. The van der Waals surface area contributed by atoms with Crippen LogP contribution in [0.5, 0.6) is 5.75 Å². The Balaban J connectivity index is 2.28. The first kappa shape index (κ1) is 12.3. The summed E-state index contributed by atoms with van der Waals surface area (Å²) in [5.74, 6) is 0.848. The number of hydrogen-bond donors (Lipinski definition) is 0. The molecule has 0 aliphatic carbocycles. The van der Waals surface area contributed by atoms with Crippen molar-refractivity contribution in [3.8, 4) is 5.75 Å². The third-order valence-electron chi connectivity index (χ3n) is 2.32. The molecule has 1 heterocycles. The van der Waals surface area contributed by atoms with Gasteiger partial charge in [0.15, 0.2) is 5.15 Å². The molecule has 1 aromatic heterocycles. The molecular weight excluding hydrogens is 304 g/mol. The summed E-state index contributed by atoms with van der Waals surface area (Å²) in [6.45, 7) is 0. The first-order valence-corrected chi connectivity index (χ1v) is 6.17. The number of nitrogens with zero attached hydrogens (tertiary/aromatic N) is 2. The summed E-state index contributed by atoms with van der Waals surface area (Å²) in [6.07, 6.45) is 0.660. The van der Waals surface area contributed by atoms with Gasteiger partial charge in [-0.15, -0.1) is 5.10 Å². The van der Waals surface area contributed by atoms with Gasteiger partial charge in [-0.1, -0.05) is 29.8 Å². The standard InChI is InChI=1S/C12H10BrClN2O/c1-17-11-5-3-2-4-8(11)6-9-7-10(13)12(14)16-15-9/h2-5,7H,6H2,1H3. The number of para-hydroxylation sites is 1. The third-order valence-corrected chi connectivity index (χ3v) is 3.43. The number of methoxy groups -OCH3 is 1. The lowest BCUT2D eigenvalue weighted by atomic mass is 10.1. The Kier molecular flexibility index (Phi) is 3.97. The number of rotatable bonds is 3. The van der Waals surface area contributed by atoms with Crippen molar-refractivity contribution in [1.82, 2.24) is 10.2 Å². The average molecular weight is 314 g/mol. The molecule has 0 bridgehead atoms. The van der Waals surface area contributed by atoms with Crippen molar-refractivity contribution >= 4 is 27.5 Å². The van der Waals surface area contributed by atoms with Gasteiger partial charge >= 0.3 is 0 Å². The minimum absolute atomic E-state index is 0.369. The van der Waals surface area contributed by atoms with E-state index in [1.54, 1.807) is 7.11 Å². The van der Waals surface area contributed by atoms with Crippen LogP contribution in [0.1, 0.15) is 11.3 Å². The lowest BCUT2D eigenvalue weighted by molar-refractivity contribution is 0.410. The van der Waals surface area contributed by atoms with Crippen molar-refractivity contribution in [1.29, 1.82) is 0 Å². The van der Waals surface area contributed by atoms with Crippen molar-refractivity contribution in [3.05, 3.63) is 51.2 Å². The summed E-state index contributed by atoms with van der Waals surface area (Å²) in [7, 11) is 1.66. The van der Waals surface area contributed by atoms with Gasteiger partial charge < -0.3 is 4.74 Å². The lowest BCUT2D eigenvalue weighted by Crippen LogP contribution is -1.97. The number of ether oxygens (including phenoxy) is 1. The van der Waals surface area contributed by atoms with E-state index in [2.05, 4.69) is 26.1 Å². The fraction of sp³-hybridized carbons (Fsp3) is 0.167. The van der Waals surface area contributed by atoms with E-state index >= 15 is 0 Å². The summed E-state index contributed by atoms with van der Waals surface area (Å²) >= 11 is 9.13. The van der Waals surface area contributed by atoms with E-state index in [-0.39, 0.29) is 0 Å². The van der Waals surface area contributed by atoms with Crippen LogP contribution in [0, 0.1) is 0 Å². The fourth-order valence-electron chi connectivity index (χ4n) is 1.52. The largest absolute Gasteiger partial charge is 0.496 e. The predicted octanol–water partition coefficient (Wildman–Crippen LogP) is 3.49. The normalized spacial score (nSPS) is 10.3. The molecule has 0 N–H and O–H groups in total. The van der Waals surface area contributed by atoms with E-state index in [1.807, 2.05) is 30.3 Å². The highest BCUT2D eigenvalue weighted by molar-refractivity contribution is 9.10. The molecule has 0 fully saturated rings. The molecule has 2 aromatic rings. The zero-order valence-corrected chi connectivity index (χ0v) is 11.5. The number of aromatic nitrogens is 2. The van der Waals surface area contributed by atoms with E-state index in [9.17, 15) is 0 Å². The van der Waals surface area contributed by atoms with E-state index in [0.29, 0.717) is 11.6 Å². The van der Waals surface area contributed by atoms with Gasteiger partial charge in [-0.05, 0) is 28.1 Å². The van der Waals surface area contributed by atoms with Crippen molar-refractivity contribution in [3.63, 3.8) is 0 Å². The summed E-state index contributed by atoms with van der Waals surface area (Å²) in [5.41, 5.74) is 1.91. The predicted molar refractivity (Wildman–Crippen MR) is 70.5 cm³/mol. The molecule has 0 aliphatic heterocycles. The van der Waals surface area contributed by atoms with Crippen molar-refractivity contribution in [2.24, 2.45) is 0 Å². The molecule has 88 valence electrons. The molecule has 0 radical (unpaired) electrons. The molecule has 0 saturated carbocycles. The Bertz CT molecular complexity index is 534. The van der Waals surface area contributed by atoms with E-state index in [0.717, 1.165) is 21.5 Å². The zero-order valence-electron chi connectivity index (χ0n) is 9.15. The molecule has 0 aliphatic rings. The van der Waals surface area contributed by atoms with Crippen LogP contribution in [0.15, 0.2) is 34.8 Å². The minimum Gasteiger partial charge on any atom is -0.496 e. The Labute approximate surface area is 113 Å².